The summed E-state index contributed by atoms with van der Waals surface area (Å²) in [7, 11) is 1.22. The summed E-state index contributed by atoms with van der Waals surface area (Å²) >= 11 is 12.4. The van der Waals surface area contributed by atoms with Gasteiger partial charge in [0.1, 0.15) is 0 Å². The third kappa shape index (κ3) is 3.37. The monoisotopic (exact) mass is 429 g/mol. The maximum absolute atomic E-state index is 13.5. The summed E-state index contributed by atoms with van der Waals surface area (Å²) < 4.78 is 6.06. The molecule has 0 amide bonds. The third-order valence-corrected chi connectivity index (χ3v) is 4.99. The van der Waals surface area contributed by atoms with Crippen LogP contribution in [-0.2, 0) is 9.53 Å². The van der Waals surface area contributed by atoms with Crippen LogP contribution >= 0.6 is 23.2 Å². The van der Waals surface area contributed by atoms with Gasteiger partial charge in [-0.3, -0.25) is 4.79 Å². The molecule has 1 atom stereocenters. The van der Waals surface area contributed by atoms with Crippen LogP contribution in [0.1, 0.15) is 22.0 Å². The smallest absolute Gasteiger partial charge is 0.357 e. The highest BCUT2D eigenvalue weighted by atomic mass is 35.5. The number of nitrogens with one attached hydrogen (secondary N) is 1. The van der Waals surface area contributed by atoms with Gasteiger partial charge in [-0.1, -0.05) is 64.7 Å². The van der Waals surface area contributed by atoms with Crippen LogP contribution < -0.4 is 5.32 Å². The number of tetrazole rings is 1. The van der Waals surface area contributed by atoms with E-state index in [9.17, 15) is 9.59 Å². The number of hydrogen-bond donors (Lipinski definition) is 1. The lowest BCUT2D eigenvalue weighted by atomic mass is 9.89. The topological polar surface area (TPSA) is 99.0 Å². The molecule has 29 heavy (non-hydrogen) atoms. The van der Waals surface area contributed by atoms with Gasteiger partial charge in [-0.25, -0.2) is 4.79 Å². The van der Waals surface area contributed by atoms with Crippen LogP contribution in [-0.4, -0.2) is 39.1 Å². The van der Waals surface area contributed by atoms with Crippen molar-refractivity contribution in [2.24, 2.45) is 0 Å². The maximum Gasteiger partial charge on any atom is 0.357 e. The van der Waals surface area contributed by atoms with E-state index in [0.29, 0.717) is 21.2 Å². The SMILES string of the molecule is COC(=O)C1=C(C(=O)c2ccccc2)C(c2ccc(Cl)cc2Cl)Nc2nnnn21. The Labute approximate surface area is 175 Å². The molecule has 8 nitrogen and oxygen atoms in total. The van der Waals surface area contributed by atoms with Crippen molar-refractivity contribution in [1.82, 2.24) is 20.2 Å². The number of carbonyl (C=O) groups excluding carboxylic acids is 2. The van der Waals surface area contributed by atoms with E-state index in [2.05, 4.69) is 20.8 Å². The van der Waals surface area contributed by atoms with E-state index in [4.69, 9.17) is 27.9 Å². The molecule has 0 aliphatic carbocycles. The Bertz CT molecular complexity index is 1140. The van der Waals surface area contributed by atoms with Gasteiger partial charge in [0.05, 0.1) is 18.7 Å². The number of halogens is 2. The first-order valence-electron chi connectivity index (χ1n) is 8.43. The fourth-order valence-electron chi connectivity index (χ4n) is 3.13. The number of ether oxygens (including phenoxy) is 1. The Kier molecular flexibility index (Phi) is 5.04. The number of hydrogen-bond acceptors (Lipinski definition) is 7. The lowest BCUT2D eigenvalue weighted by molar-refractivity contribution is -0.134. The van der Waals surface area contributed by atoms with Crippen molar-refractivity contribution in [3.63, 3.8) is 0 Å². The van der Waals surface area contributed by atoms with Crippen LogP contribution in [0, 0.1) is 0 Å². The normalized spacial score (nSPS) is 15.5. The molecule has 1 aliphatic heterocycles. The van der Waals surface area contributed by atoms with E-state index in [0.717, 1.165) is 4.68 Å². The predicted molar refractivity (Wildman–Crippen MR) is 107 cm³/mol. The van der Waals surface area contributed by atoms with Crippen LogP contribution in [0.15, 0.2) is 54.1 Å². The second-order valence-corrected chi connectivity index (χ2v) is 6.95. The molecule has 1 N–H and O–H groups in total. The van der Waals surface area contributed by atoms with E-state index >= 15 is 0 Å². The first-order chi connectivity index (χ1) is 14.0. The van der Waals surface area contributed by atoms with Gasteiger partial charge in [-0.15, -0.1) is 0 Å². The first-order valence-corrected chi connectivity index (χ1v) is 9.19. The number of benzene rings is 2. The number of aromatic nitrogens is 4. The molecule has 4 rings (SSSR count). The molecular formula is C19H13Cl2N5O3. The minimum Gasteiger partial charge on any atom is -0.464 e. The molecule has 0 radical (unpaired) electrons. The van der Waals surface area contributed by atoms with Crippen LogP contribution in [0.25, 0.3) is 5.70 Å². The Morgan fingerprint density at radius 2 is 1.90 bits per heavy atom. The molecule has 3 aromatic rings. The summed E-state index contributed by atoms with van der Waals surface area (Å²) in [5.74, 6) is -0.976. The lowest BCUT2D eigenvalue weighted by Gasteiger charge is -2.28. The van der Waals surface area contributed by atoms with Crippen molar-refractivity contribution in [2.75, 3.05) is 12.4 Å². The van der Waals surface area contributed by atoms with Crippen LogP contribution in [0.3, 0.4) is 0 Å². The van der Waals surface area contributed by atoms with Gasteiger partial charge >= 0.3 is 5.97 Å². The zero-order valence-electron chi connectivity index (χ0n) is 15.0. The van der Waals surface area contributed by atoms with Crippen LogP contribution in [0.5, 0.6) is 0 Å². The summed E-state index contributed by atoms with van der Waals surface area (Å²) in [5, 5.41) is 15.1. The van der Waals surface area contributed by atoms with Crippen molar-refractivity contribution in [2.45, 2.75) is 6.04 Å². The molecule has 0 saturated carbocycles. The standard InChI is InChI=1S/C19H13Cl2N5O3/c1-29-18(28)16-14(17(27)10-5-3-2-4-6-10)15(22-19-23-24-25-26(16)19)12-8-7-11(20)9-13(12)21/h2-9,15H,1H3,(H,22,23,25). The largest absolute Gasteiger partial charge is 0.464 e. The molecule has 10 heteroatoms. The number of methoxy groups -OCH3 is 1. The van der Waals surface area contributed by atoms with Gasteiger partial charge < -0.3 is 10.1 Å². The van der Waals surface area contributed by atoms with E-state index in [1.54, 1.807) is 48.5 Å². The minimum atomic E-state index is -0.805. The van der Waals surface area contributed by atoms with E-state index in [-0.39, 0.29) is 17.2 Å². The minimum absolute atomic E-state index is 0.0869. The molecule has 0 saturated heterocycles. The van der Waals surface area contributed by atoms with Crippen molar-refractivity contribution < 1.29 is 14.3 Å². The zero-order chi connectivity index (χ0) is 20.5. The van der Waals surface area contributed by atoms with Crippen molar-refractivity contribution in [1.29, 1.82) is 0 Å². The van der Waals surface area contributed by atoms with Crippen molar-refractivity contribution in [3.8, 4) is 0 Å². The summed E-state index contributed by atoms with van der Waals surface area (Å²) in [6, 6.07) is 12.6. The molecule has 1 unspecified atom stereocenters. The molecule has 0 spiro atoms. The van der Waals surface area contributed by atoms with Crippen molar-refractivity contribution in [3.05, 3.63) is 75.3 Å². The zero-order valence-corrected chi connectivity index (χ0v) is 16.5. The molecular weight excluding hydrogens is 417 g/mol. The highest BCUT2D eigenvalue weighted by Crippen LogP contribution is 2.40. The van der Waals surface area contributed by atoms with Crippen LogP contribution in [0.2, 0.25) is 10.0 Å². The van der Waals surface area contributed by atoms with Gasteiger partial charge in [0.15, 0.2) is 11.5 Å². The number of ketones is 1. The van der Waals surface area contributed by atoms with Crippen LogP contribution in [0.4, 0.5) is 5.95 Å². The number of rotatable bonds is 4. The number of esters is 1. The van der Waals surface area contributed by atoms with E-state index in [1.807, 2.05) is 0 Å². The molecule has 0 fully saturated rings. The van der Waals surface area contributed by atoms with Gasteiger partial charge in [0.2, 0.25) is 5.95 Å². The van der Waals surface area contributed by atoms with Gasteiger partial charge in [0, 0.05) is 15.6 Å². The molecule has 146 valence electrons. The number of fused-ring (bicyclic) bond motifs is 1. The summed E-state index contributed by atoms with van der Waals surface area (Å²) in [6.07, 6.45) is 0. The highest BCUT2D eigenvalue weighted by Gasteiger charge is 2.38. The first kappa shape index (κ1) is 19.1. The molecule has 1 aromatic heterocycles. The second-order valence-electron chi connectivity index (χ2n) is 6.11. The fourth-order valence-corrected chi connectivity index (χ4v) is 3.64. The Morgan fingerprint density at radius 3 is 2.59 bits per heavy atom. The number of carbonyl (C=O) groups is 2. The number of nitrogens with zero attached hydrogens (tertiary/aromatic N) is 4. The molecule has 2 heterocycles. The average molecular weight is 430 g/mol. The summed E-state index contributed by atoms with van der Waals surface area (Å²) in [5.41, 5.74) is 0.937. The predicted octanol–water partition coefficient (Wildman–Crippen LogP) is 3.41. The van der Waals surface area contributed by atoms with Gasteiger partial charge in [0.25, 0.3) is 0 Å². The van der Waals surface area contributed by atoms with Gasteiger partial charge in [-0.2, -0.15) is 4.68 Å². The lowest BCUT2D eigenvalue weighted by Crippen LogP contribution is -2.31. The van der Waals surface area contributed by atoms with Gasteiger partial charge in [-0.05, 0) is 28.1 Å². The average Bonchev–Trinajstić information content (AvgIpc) is 3.20. The number of anilines is 1. The Morgan fingerprint density at radius 1 is 1.14 bits per heavy atom. The Hall–Kier alpha value is -3.23. The summed E-state index contributed by atoms with van der Waals surface area (Å²) in [6.45, 7) is 0. The fraction of sp³-hybridized carbons (Fsp3) is 0.105. The quantitative estimate of drug-likeness (QED) is 0.500. The molecule has 1 aliphatic rings. The summed E-state index contributed by atoms with van der Waals surface area (Å²) in [4.78, 5) is 26.1. The van der Waals surface area contributed by atoms with E-state index < -0.39 is 17.8 Å². The second kappa shape index (κ2) is 7.65. The Balaban J connectivity index is 1.99. The van der Waals surface area contributed by atoms with E-state index in [1.165, 1.54) is 7.11 Å². The molecule has 2 aromatic carbocycles. The third-order valence-electron chi connectivity index (χ3n) is 4.43. The number of Topliss-reactive ketones (excluding diaryl/α,β-unsaturated/α-hetero) is 1. The maximum atomic E-state index is 13.5. The highest BCUT2D eigenvalue weighted by molar-refractivity contribution is 6.35. The molecule has 0 bridgehead atoms. The van der Waals surface area contributed by atoms with Crippen molar-refractivity contribution >= 4 is 46.6 Å².